The molecule has 1 aliphatic heterocycles. The molecule has 5 nitrogen and oxygen atoms in total. The highest BCUT2D eigenvalue weighted by atomic mass is 32.1. The number of amides is 1. The van der Waals surface area contributed by atoms with E-state index in [1.807, 2.05) is 0 Å². The van der Waals surface area contributed by atoms with Crippen LogP contribution in [0.25, 0.3) is 0 Å². The van der Waals surface area contributed by atoms with E-state index in [1.165, 1.54) is 0 Å². The summed E-state index contributed by atoms with van der Waals surface area (Å²) in [5.41, 5.74) is 6.27. The van der Waals surface area contributed by atoms with E-state index >= 15 is 0 Å². The molecule has 3 N–H and O–H groups in total. The van der Waals surface area contributed by atoms with Crippen molar-refractivity contribution in [3.63, 3.8) is 0 Å². The number of benzene rings is 1. The number of ether oxygens (including phenoxy) is 1. The molecule has 1 aromatic rings. The molecule has 0 bridgehead atoms. The van der Waals surface area contributed by atoms with Crippen LogP contribution in [0.4, 0.5) is 0 Å². The van der Waals surface area contributed by atoms with Crippen LogP contribution in [0.5, 0.6) is 5.75 Å². The average molecular weight is 294 g/mol. The minimum absolute atomic E-state index is 0.00249. The number of aliphatic hydroxyl groups is 1. The number of hydrogen-bond donors (Lipinski definition) is 2. The van der Waals surface area contributed by atoms with Crippen LogP contribution in [0.1, 0.15) is 18.4 Å². The van der Waals surface area contributed by atoms with Gasteiger partial charge in [0.15, 0.2) is 6.61 Å². The Morgan fingerprint density at radius 1 is 1.35 bits per heavy atom. The standard InChI is InChI=1S/C14H18N2O3S/c15-14(20)10-1-3-12(4-2-10)19-9-13(18)16-7-5-11(17)6-8-16/h1-4,11,17H,5-9H2,(H2,15,20). The number of aliphatic hydroxyl groups excluding tert-OH is 1. The van der Waals surface area contributed by atoms with Crippen molar-refractivity contribution in [2.24, 2.45) is 5.73 Å². The van der Waals surface area contributed by atoms with E-state index in [2.05, 4.69) is 0 Å². The summed E-state index contributed by atoms with van der Waals surface area (Å²) < 4.78 is 5.44. The second kappa shape index (κ2) is 6.67. The average Bonchev–Trinajstić information content (AvgIpc) is 2.46. The fraction of sp³-hybridized carbons (Fsp3) is 0.429. The summed E-state index contributed by atoms with van der Waals surface area (Å²) in [7, 11) is 0. The van der Waals surface area contributed by atoms with Gasteiger partial charge in [0, 0.05) is 18.7 Å². The van der Waals surface area contributed by atoms with Crippen LogP contribution < -0.4 is 10.5 Å². The van der Waals surface area contributed by atoms with E-state index in [0.717, 1.165) is 5.56 Å². The lowest BCUT2D eigenvalue weighted by atomic mass is 10.1. The molecule has 0 spiro atoms. The third kappa shape index (κ3) is 3.91. The predicted molar refractivity (Wildman–Crippen MR) is 79.6 cm³/mol. The maximum Gasteiger partial charge on any atom is 0.260 e. The van der Waals surface area contributed by atoms with E-state index in [9.17, 15) is 9.90 Å². The Labute approximate surface area is 123 Å². The van der Waals surface area contributed by atoms with Crippen LogP contribution in [0, 0.1) is 0 Å². The van der Waals surface area contributed by atoms with Crippen LogP contribution in [0.3, 0.4) is 0 Å². The van der Waals surface area contributed by atoms with E-state index in [-0.39, 0.29) is 18.6 Å². The highest BCUT2D eigenvalue weighted by Crippen LogP contribution is 2.14. The van der Waals surface area contributed by atoms with Gasteiger partial charge in [-0.1, -0.05) is 12.2 Å². The first kappa shape index (κ1) is 14.7. The third-order valence-electron chi connectivity index (χ3n) is 3.32. The number of carbonyl (C=O) groups is 1. The number of piperidine rings is 1. The van der Waals surface area contributed by atoms with Gasteiger partial charge in [0.1, 0.15) is 10.7 Å². The van der Waals surface area contributed by atoms with Crippen molar-refractivity contribution in [2.45, 2.75) is 18.9 Å². The number of carbonyl (C=O) groups excluding carboxylic acids is 1. The van der Waals surface area contributed by atoms with Crippen LogP contribution in [-0.2, 0) is 4.79 Å². The summed E-state index contributed by atoms with van der Waals surface area (Å²) in [6.45, 7) is 1.18. The van der Waals surface area contributed by atoms with Crippen molar-refractivity contribution in [1.29, 1.82) is 0 Å². The van der Waals surface area contributed by atoms with Crippen molar-refractivity contribution in [3.05, 3.63) is 29.8 Å². The van der Waals surface area contributed by atoms with Crippen LogP contribution >= 0.6 is 12.2 Å². The Balaban J connectivity index is 1.82. The normalized spacial score (nSPS) is 15.9. The molecule has 0 aliphatic carbocycles. The van der Waals surface area contributed by atoms with Crippen LogP contribution in [0.15, 0.2) is 24.3 Å². The van der Waals surface area contributed by atoms with Gasteiger partial charge in [-0.2, -0.15) is 0 Å². The molecule has 1 amide bonds. The molecule has 0 radical (unpaired) electrons. The Morgan fingerprint density at radius 3 is 2.50 bits per heavy atom. The van der Waals surface area contributed by atoms with Crippen LogP contribution in [0.2, 0.25) is 0 Å². The van der Waals surface area contributed by atoms with Gasteiger partial charge in [-0.15, -0.1) is 0 Å². The molecule has 1 saturated heterocycles. The summed E-state index contributed by atoms with van der Waals surface area (Å²) in [6, 6.07) is 7.00. The van der Waals surface area contributed by atoms with Gasteiger partial charge in [-0.05, 0) is 37.1 Å². The zero-order valence-electron chi connectivity index (χ0n) is 11.1. The van der Waals surface area contributed by atoms with E-state index in [1.54, 1.807) is 29.2 Å². The summed E-state index contributed by atoms with van der Waals surface area (Å²) >= 11 is 4.86. The molecule has 1 fully saturated rings. The van der Waals surface area contributed by atoms with Crippen molar-refractivity contribution in [1.82, 2.24) is 4.90 Å². The fourth-order valence-electron chi connectivity index (χ4n) is 2.07. The van der Waals surface area contributed by atoms with Gasteiger partial charge in [0.05, 0.1) is 6.10 Å². The first-order valence-corrected chi connectivity index (χ1v) is 6.95. The highest BCUT2D eigenvalue weighted by Gasteiger charge is 2.21. The fourth-order valence-corrected chi connectivity index (χ4v) is 2.20. The zero-order valence-corrected chi connectivity index (χ0v) is 11.9. The Hall–Kier alpha value is -1.66. The molecular weight excluding hydrogens is 276 g/mol. The van der Waals surface area contributed by atoms with Gasteiger partial charge in [0.2, 0.25) is 0 Å². The number of nitrogens with two attached hydrogens (primary N) is 1. The van der Waals surface area contributed by atoms with Crippen molar-refractivity contribution in [2.75, 3.05) is 19.7 Å². The van der Waals surface area contributed by atoms with E-state index in [0.29, 0.717) is 36.7 Å². The second-order valence-electron chi connectivity index (χ2n) is 4.79. The zero-order chi connectivity index (χ0) is 14.5. The molecule has 1 aliphatic rings. The lowest BCUT2D eigenvalue weighted by Gasteiger charge is -2.29. The number of thiocarbonyl (C=S) groups is 1. The molecular formula is C14H18N2O3S. The van der Waals surface area contributed by atoms with Crippen LogP contribution in [-0.4, -0.2) is 46.7 Å². The number of hydrogen-bond acceptors (Lipinski definition) is 4. The summed E-state index contributed by atoms with van der Waals surface area (Å²) in [5, 5.41) is 9.40. The first-order chi connectivity index (χ1) is 9.56. The lowest BCUT2D eigenvalue weighted by Crippen LogP contribution is -2.42. The molecule has 0 unspecified atom stereocenters. The summed E-state index contributed by atoms with van der Waals surface area (Å²) in [6.07, 6.45) is 0.982. The van der Waals surface area contributed by atoms with Gasteiger partial charge in [-0.25, -0.2) is 0 Å². The highest BCUT2D eigenvalue weighted by molar-refractivity contribution is 7.80. The smallest absolute Gasteiger partial charge is 0.260 e. The molecule has 108 valence electrons. The largest absolute Gasteiger partial charge is 0.484 e. The maximum absolute atomic E-state index is 11.9. The third-order valence-corrected chi connectivity index (χ3v) is 3.55. The topological polar surface area (TPSA) is 75.8 Å². The second-order valence-corrected chi connectivity index (χ2v) is 5.23. The van der Waals surface area contributed by atoms with E-state index in [4.69, 9.17) is 22.7 Å². The minimum Gasteiger partial charge on any atom is -0.484 e. The molecule has 20 heavy (non-hydrogen) atoms. The molecule has 0 saturated carbocycles. The molecule has 1 aromatic carbocycles. The van der Waals surface area contributed by atoms with Gasteiger partial charge in [-0.3, -0.25) is 4.79 Å². The summed E-state index contributed by atoms with van der Waals surface area (Å²) in [4.78, 5) is 14.0. The maximum atomic E-state index is 11.9. The van der Waals surface area contributed by atoms with Crippen molar-refractivity contribution < 1.29 is 14.6 Å². The Morgan fingerprint density at radius 2 is 1.95 bits per heavy atom. The number of rotatable bonds is 4. The monoisotopic (exact) mass is 294 g/mol. The number of nitrogens with zero attached hydrogens (tertiary/aromatic N) is 1. The molecule has 6 heteroatoms. The molecule has 2 rings (SSSR count). The van der Waals surface area contributed by atoms with Gasteiger partial charge >= 0.3 is 0 Å². The van der Waals surface area contributed by atoms with Gasteiger partial charge < -0.3 is 20.5 Å². The van der Waals surface area contributed by atoms with Gasteiger partial charge in [0.25, 0.3) is 5.91 Å². The van der Waals surface area contributed by atoms with Crippen molar-refractivity contribution >= 4 is 23.1 Å². The predicted octanol–water partition coefficient (Wildman–Crippen LogP) is 0.683. The first-order valence-electron chi connectivity index (χ1n) is 6.55. The molecule has 0 aromatic heterocycles. The Kier molecular flexibility index (Phi) is 4.92. The van der Waals surface area contributed by atoms with E-state index < -0.39 is 0 Å². The quantitative estimate of drug-likeness (QED) is 0.799. The molecule has 1 heterocycles. The van der Waals surface area contributed by atoms with Crippen molar-refractivity contribution in [3.8, 4) is 5.75 Å². The number of likely N-dealkylation sites (tertiary alicyclic amines) is 1. The minimum atomic E-state index is -0.285. The lowest BCUT2D eigenvalue weighted by molar-refractivity contribution is -0.135. The summed E-state index contributed by atoms with van der Waals surface area (Å²) in [5.74, 6) is 0.547. The Bertz CT molecular complexity index is 482. The SMILES string of the molecule is NC(=S)c1ccc(OCC(=O)N2CCC(O)CC2)cc1. The molecule has 0 atom stereocenters.